The summed E-state index contributed by atoms with van der Waals surface area (Å²) in [5.41, 5.74) is 5.06. The fourth-order valence-corrected chi connectivity index (χ4v) is 5.08. The van der Waals surface area contributed by atoms with Crippen molar-refractivity contribution in [3.63, 3.8) is 0 Å². The lowest BCUT2D eigenvalue weighted by atomic mass is 10.1. The Kier molecular flexibility index (Phi) is 6.04. The van der Waals surface area contributed by atoms with Crippen LogP contribution in [0.1, 0.15) is 5.56 Å². The Labute approximate surface area is 193 Å². The largest absolute Gasteiger partial charge is 0.367 e. The number of fused-ring (bicyclic) bond motifs is 1. The third kappa shape index (κ3) is 4.73. The first-order valence-corrected chi connectivity index (χ1v) is 12.4. The van der Waals surface area contributed by atoms with E-state index in [9.17, 15) is 8.42 Å². The van der Waals surface area contributed by atoms with Gasteiger partial charge in [0.25, 0.3) is 0 Å². The minimum absolute atomic E-state index is 0.214. The van der Waals surface area contributed by atoms with Gasteiger partial charge in [0, 0.05) is 44.5 Å². The minimum Gasteiger partial charge on any atom is -0.367 e. The molecule has 1 aliphatic rings. The zero-order valence-electron chi connectivity index (χ0n) is 18.1. The van der Waals surface area contributed by atoms with E-state index in [0.29, 0.717) is 5.69 Å². The molecule has 7 nitrogen and oxygen atoms in total. The van der Waals surface area contributed by atoms with Crippen LogP contribution in [0.2, 0.25) is 0 Å². The van der Waals surface area contributed by atoms with Crippen LogP contribution in [0.3, 0.4) is 0 Å². The predicted octanol–water partition coefficient (Wildman–Crippen LogP) is 3.18. The van der Waals surface area contributed by atoms with Gasteiger partial charge in [-0.1, -0.05) is 42.5 Å². The third-order valence-electron chi connectivity index (χ3n) is 5.77. The second-order valence-electron chi connectivity index (χ2n) is 7.97. The summed E-state index contributed by atoms with van der Waals surface area (Å²) in [5.74, 6) is 0. The molecule has 2 aromatic heterocycles. The van der Waals surface area contributed by atoms with Crippen LogP contribution in [-0.4, -0.2) is 44.6 Å². The Morgan fingerprint density at radius 3 is 2.58 bits per heavy atom. The molecule has 0 amide bonds. The Balaban J connectivity index is 1.46. The number of anilines is 1. The van der Waals surface area contributed by atoms with Gasteiger partial charge in [-0.2, -0.15) is 0 Å². The SMILES string of the molecule is O=S(=O)(NCc1ccccc1)c1cccc(-c2ccc3nccc(N4CCNCC4)c3n2)c1. The number of hydrogen-bond donors (Lipinski definition) is 2. The number of hydrogen-bond acceptors (Lipinski definition) is 6. The molecule has 0 radical (unpaired) electrons. The molecule has 0 unspecified atom stereocenters. The molecular formula is C25H25N5O2S. The molecule has 3 heterocycles. The number of piperazine rings is 1. The van der Waals surface area contributed by atoms with E-state index in [-0.39, 0.29) is 11.4 Å². The maximum absolute atomic E-state index is 12.9. The summed E-state index contributed by atoms with van der Waals surface area (Å²) < 4.78 is 28.5. The maximum Gasteiger partial charge on any atom is 0.240 e. The van der Waals surface area contributed by atoms with Crippen LogP contribution in [0, 0.1) is 0 Å². The summed E-state index contributed by atoms with van der Waals surface area (Å²) in [6.45, 7) is 3.91. The van der Waals surface area contributed by atoms with E-state index in [1.54, 1.807) is 18.2 Å². The number of sulfonamides is 1. The van der Waals surface area contributed by atoms with Crippen molar-refractivity contribution < 1.29 is 8.42 Å². The van der Waals surface area contributed by atoms with Crippen molar-refractivity contribution in [2.45, 2.75) is 11.4 Å². The van der Waals surface area contributed by atoms with Crippen LogP contribution >= 0.6 is 0 Å². The molecule has 5 rings (SSSR count). The molecule has 1 fully saturated rings. The topological polar surface area (TPSA) is 87.2 Å². The Morgan fingerprint density at radius 1 is 0.939 bits per heavy atom. The van der Waals surface area contributed by atoms with Gasteiger partial charge in [0.1, 0.15) is 5.52 Å². The standard InChI is InChI=1S/C25H25N5O2S/c31-33(32,28-18-19-5-2-1-3-6-19)21-8-4-7-20(17-21)22-9-10-23-25(29-22)24(11-12-27-23)30-15-13-26-14-16-30/h1-12,17,26,28H,13-16,18H2. The average Bonchev–Trinajstić information content (AvgIpc) is 2.88. The van der Waals surface area contributed by atoms with Crippen LogP contribution in [0.15, 0.2) is 83.9 Å². The molecule has 0 atom stereocenters. The number of benzene rings is 2. The van der Waals surface area contributed by atoms with Gasteiger partial charge in [0.15, 0.2) is 0 Å². The van der Waals surface area contributed by atoms with Crippen LogP contribution in [-0.2, 0) is 16.6 Å². The van der Waals surface area contributed by atoms with E-state index >= 15 is 0 Å². The van der Waals surface area contributed by atoms with E-state index in [1.807, 2.05) is 60.8 Å². The molecule has 0 saturated carbocycles. The molecule has 33 heavy (non-hydrogen) atoms. The van der Waals surface area contributed by atoms with Crippen molar-refractivity contribution in [1.29, 1.82) is 0 Å². The minimum atomic E-state index is -3.66. The van der Waals surface area contributed by atoms with E-state index in [1.165, 1.54) is 0 Å². The first-order chi connectivity index (χ1) is 16.1. The summed E-state index contributed by atoms with van der Waals surface area (Å²) in [7, 11) is -3.66. The molecule has 0 spiro atoms. The first-order valence-electron chi connectivity index (χ1n) is 11.0. The van der Waals surface area contributed by atoms with Gasteiger partial charge in [-0.15, -0.1) is 0 Å². The molecule has 0 bridgehead atoms. The highest BCUT2D eigenvalue weighted by Crippen LogP contribution is 2.28. The highest BCUT2D eigenvalue weighted by atomic mass is 32.2. The summed E-state index contributed by atoms with van der Waals surface area (Å²) >= 11 is 0. The van der Waals surface area contributed by atoms with Crippen LogP contribution in [0.5, 0.6) is 0 Å². The van der Waals surface area contributed by atoms with Crippen LogP contribution in [0.25, 0.3) is 22.3 Å². The molecule has 0 aliphatic carbocycles. The van der Waals surface area contributed by atoms with E-state index in [2.05, 4.69) is 19.9 Å². The van der Waals surface area contributed by atoms with Crippen molar-refractivity contribution in [3.8, 4) is 11.3 Å². The lowest BCUT2D eigenvalue weighted by molar-refractivity contribution is 0.581. The molecule has 168 valence electrons. The lowest BCUT2D eigenvalue weighted by Crippen LogP contribution is -2.43. The van der Waals surface area contributed by atoms with Gasteiger partial charge < -0.3 is 10.2 Å². The molecule has 8 heteroatoms. The van der Waals surface area contributed by atoms with E-state index < -0.39 is 10.0 Å². The molecular weight excluding hydrogens is 434 g/mol. The number of aromatic nitrogens is 2. The average molecular weight is 460 g/mol. The van der Waals surface area contributed by atoms with E-state index in [4.69, 9.17) is 4.98 Å². The molecule has 1 aliphatic heterocycles. The monoisotopic (exact) mass is 459 g/mol. The predicted molar refractivity (Wildman–Crippen MR) is 131 cm³/mol. The summed E-state index contributed by atoms with van der Waals surface area (Å²) in [5, 5.41) is 3.37. The molecule has 2 N–H and O–H groups in total. The molecule has 1 saturated heterocycles. The lowest BCUT2D eigenvalue weighted by Gasteiger charge is -2.29. The molecule has 4 aromatic rings. The number of nitrogens with zero attached hydrogens (tertiary/aromatic N) is 3. The van der Waals surface area contributed by atoms with Crippen molar-refractivity contribution in [2.24, 2.45) is 0 Å². The second kappa shape index (κ2) is 9.27. The number of rotatable bonds is 6. The van der Waals surface area contributed by atoms with Crippen molar-refractivity contribution >= 4 is 26.7 Å². The van der Waals surface area contributed by atoms with Gasteiger partial charge in [-0.25, -0.2) is 18.1 Å². The van der Waals surface area contributed by atoms with Gasteiger partial charge in [0.05, 0.1) is 21.8 Å². The van der Waals surface area contributed by atoms with Crippen LogP contribution < -0.4 is 14.9 Å². The van der Waals surface area contributed by atoms with E-state index in [0.717, 1.165) is 54.0 Å². The fraction of sp³-hybridized carbons (Fsp3) is 0.200. The Hall–Kier alpha value is -3.33. The Morgan fingerprint density at radius 2 is 1.76 bits per heavy atom. The summed E-state index contributed by atoms with van der Waals surface area (Å²) in [6, 6.07) is 22.2. The van der Waals surface area contributed by atoms with Gasteiger partial charge in [-0.3, -0.25) is 4.98 Å². The highest BCUT2D eigenvalue weighted by molar-refractivity contribution is 7.89. The zero-order valence-corrected chi connectivity index (χ0v) is 18.9. The van der Waals surface area contributed by atoms with Gasteiger partial charge in [-0.05, 0) is 35.9 Å². The quantitative estimate of drug-likeness (QED) is 0.461. The van der Waals surface area contributed by atoms with Gasteiger partial charge in [0.2, 0.25) is 10.0 Å². The Bertz CT molecular complexity index is 1370. The highest BCUT2D eigenvalue weighted by Gasteiger charge is 2.17. The third-order valence-corrected chi connectivity index (χ3v) is 7.17. The second-order valence-corrected chi connectivity index (χ2v) is 9.74. The first kappa shape index (κ1) is 21.5. The summed E-state index contributed by atoms with van der Waals surface area (Å²) in [6.07, 6.45) is 1.81. The van der Waals surface area contributed by atoms with Crippen molar-refractivity contribution in [1.82, 2.24) is 20.0 Å². The van der Waals surface area contributed by atoms with Gasteiger partial charge >= 0.3 is 0 Å². The number of pyridine rings is 2. The van der Waals surface area contributed by atoms with Crippen LogP contribution in [0.4, 0.5) is 5.69 Å². The van der Waals surface area contributed by atoms with Crippen molar-refractivity contribution in [2.75, 3.05) is 31.1 Å². The molecule has 2 aromatic carbocycles. The zero-order chi connectivity index (χ0) is 22.7. The van der Waals surface area contributed by atoms with Crippen molar-refractivity contribution in [3.05, 3.63) is 84.6 Å². The summed E-state index contributed by atoms with van der Waals surface area (Å²) in [4.78, 5) is 11.9. The number of nitrogens with one attached hydrogen (secondary N) is 2. The smallest absolute Gasteiger partial charge is 0.240 e. The normalized spacial score (nSPS) is 14.5. The fourth-order valence-electron chi connectivity index (χ4n) is 4.01. The maximum atomic E-state index is 12.9.